The molecule has 2 bridgehead atoms. The van der Waals surface area contributed by atoms with Gasteiger partial charge in [0.15, 0.2) is 5.82 Å². The number of anilines is 2. The van der Waals surface area contributed by atoms with E-state index in [1.807, 2.05) is 13.0 Å². The number of nitrogens with one attached hydrogen (secondary N) is 3. The van der Waals surface area contributed by atoms with Crippen molar-refractivity contribution in [2.45, 2.75) is 44.8 Å². The van der Waals surface area contributed by atoms with Crippen LogP contribution in [0.3, 0.4) is 0 Å². The van der Waals surface area contributed by atoms with Crippen molar-refractivity contribution < 1.29 is 28.3 Å². The number of methoxy groups -OCH3 is 1. The fraction of sp³-hybridized carbons (Fsp3) is 0.300. The maximum Gasteiger partial charge on any atom is 0.411 e. The van der Waals surface area contributed by atoms with Gasteiger partial charge in [0.05, 0.1) is 35.3 Å². The summed E-state index contributed by atoms with van der Waals surface area (Å²) in [5.41, 5.74) is 3.54. The van der Waals surface area contributed by atoms with Crippen molar-refractivity contribution in [3.8, 4) is 11.1 Å². The van der Waals surface area contributed by atoms with E-state index in [1.165, 1.54) is 19.2 Å². The topological polar surface area (TPSA) is 131 Å². The molecule has 5 rings (SSSR count). The highest BCUT2D eigenvalue weighted by Gasteiger charge is 2.32. The molecule has 0 spiro atoms. The molecule has 3 N–H and O–H groups in total. The van der Waals surface area contributed by atoms with Gasteiger partial charge < -0.3 is 20.2 Å². The summed E-state index contributed by atoms with van der Waals surface area (Å²) in [5, 5.41) is 12.5. The molecule has 3 atom stereocenters. The minimum Gasteiger partial charge on any atom is -0.453 e. The fourth-order valence-corrected chi connectivity index (χ4v) is 5.10. The van der Waals surface area contributed by atoms with E-state index in [1.54, 1.807) is 36.5 Å². The lowest BCUT2D eigenvalue weighted by Gasteiger charge is -2.23. The maximum absolute atomic E-state index is 14.5. The minimum atomic E-state index is -0.950. The van der Waals surface area contributed by atoms with E-state index in [9.17, 15) is 18.8 Å². The van der Waals surface area contributed by atoms with Gasteiger partial charge in [-0.15, -0.1) is 0 Å². The van der Waals surface area contributed by atoms with Crippen LogP contribution >= 0.6 is 11.6 Å². The van der Waals surface area contributed by atoms with Gasteiger partial charge in [-0.05, 0) is 54.8 Å². The van der Waals surface area contributed by atoms with Crippen LogP contribution in [0, 0.1) is 11.7 Å². The number of halogens is 2. The van der Waals surface area contributed by atoms with E-state index in [0.29, 0.717) is 47.6 Å². The molecule has 42 heavy (non-hydrogen) atoms. The van der Waals surface area contributed by atoms with Crippen LogP contribution < -0.4 is 16.0 Å². The van der Waals surface area contributed by atoms with Gasteiger partial charge in [-0.25, -0.2) is 9.18 Å². The van der Waals surface area contributed by atoms with Gasteiger partial charge in [-0.3, -0.25) is 19.9 Å². The van der Waals surface area contributed by atoms with E-state index in [0.717, 1.165) is 5.56 Å². The molecule has 12 heteroatoms. The molecule has 0 saturated carbocycles. The zero-order chi connectivity index (χ0) is 29.8. The molecule has 1 aromatic heterocycles. The van der Waals surface area contributed by atoms with Crippen molar-refractivity contribution in [2.24, 2.45) is 11.1 Å². The Morgan fingerprint density at radius 2 is 1.98 bits per heavy atom. The third-order valence-corrected chi connectivity index (χ3v) is 7.57. The zero-order valence-electron chi connectivity index (χ0n) is 22.9. The third kappa shape index (κ3) is 6.36. The van der Waals surface area contributed by atoms with Crippen molar-refractivity contribution in [2.75, 3.05) is 17.7 Å². The molecule has 0 saturated heterocycles. The van der Waals surface area contributed by atoms with Crippen LogP contribution in [0.15, 0.2) is 59.9 Å². The molecule has 3 amide bonds. The number of ether oxygens (including phenoxy) is 1. The Bertz CT molecular complexity index is 1560. The first-order chi connectivity index (χ1) is 20.2. The number of rotatable bonds is 4. The monoisotopic (exact) mass is 593 g/mol. The molecule has 3 aromatic rings. The molecule has 1 unspecified atom stereocenters. The Balaban J connectivity index is 1.40. The average Bonchev–Trinajstić information content (AvgIpc) is 3.48. The van der Waals surface area contributed by atoms with Crippen LogP contribution in [0.2, 0.25) is 5.02 Å². The minimum absolute atomic E-state index is 0.0392. The summed E-state index contributed by atoms with van der Waals surface area (Å²) in [4.78, 5) is 48.1. The van der Waals surface area contributed by atoms with E-state index in [4.69, 9.17) is 16.4 Å². The molecule has 218 valence electrons. The molecular weight excluding hydrogens is 565 g/mol. The lowest BCUT2D eigenvalue weighted by Crippen LogP contribution is -2.38. The van der Waals surface area contributed by atoms with Crippen LogP contribution in [0.25, 0.3) is 11.1 Å². The molecule has 0 aliphatic carbocycles. The molecular formula is C30H29ClFN5O5. The van der Waals surface area contributed by atoms with Gasteiger partial charge in [-0.2, -0.15) is 0 Å². The number of hydrogen-bond acceptors (Lipinski definition) is 7. The summed E-state index contributed by atoms with van der Waals surface area (Å²) in [6, 6.07) is 12.9. The predicted octanol–water partition coefficient (Wildman–Crippen LogP) is 5.83. The van der Waals surface area contributed by atoms with Crippen molar-refractivity contribution >= 4 is 46.6 Å². The average molecular weight is 594 g/mol. The molecule has 0 radical (unpaired) electrons. The Hall–Kier alpha value is -4.51. The summed E-state index contributed by atoms with van der Waals surface area (Å²) in [7, 11) is 1.27. The molecule has 3 heterocycles. The second-order valence-electron chi connectivity index (χ2n) is 10.2. The number of aromatic nitrogens is 1. The summed E-state index contributed by atoms with van der Waals surface area (Å²) in [6.07, 6.45) is 1.86. The Labute approximate surface area is 246 Å². The molecule has 2 aliphatic rings. The van der Waals surface area contributed by atoms with Crippen LogP contribution in [-0.4, -0.2) is 41.8 Å². The highest BCUT2D eigenvalue weighted by atomic mass is 35.5. The number of nitrogens with zero attached hydrogens (tertiary/aromatic N) is 2. The first-order valence-corrected chi connectivity index (χ1v) is 13.8. The van der Waals surface area contributed by atoms with Crippen molar-refractivity contribution in [1.82, 2.24) is 10.3 Å². The number of benzene rings is 2. The van der Waals surface area contributed by atoms with Gasteiger partial charge in [0, 0.05) is 35.3 Å². The van der Waals surface area contributed by atoms with Crippen LogP contribution in [-0.2, 0) is 19.2 Å². The van der Waals surface area contributed by atoms with Gasteiger partial charge >= 0.3 is 6.09 Å². The van der Waals surface area contributed by atoms with E-state index in [-0.39, 0.29) is 28.8 Å². The standard InChI is InChI=1S/C30H29ClFN5O5/c1-16-5-3-8-22(35-29(39)26-15-24(37-42-26)20-6-4-7-21(31)27(20)32)25-13-17(11-12-33-25)19-10-9-18(34-30(40)41-2)14-23(19)36-28(16)38/h4,6-7,9-14,16,22,26H,3,5,8,15H2,1-2H3,(H,34,40)(H,35,39)(H,36,38)/t16-,22+,26?/m1/s1. The number of fused-ring (bicyclic) bond motifs is 4. The summed E-state index contributed by atoms with van der Waals surface area (Å²) in [5.74, 6) is -1.52. The normalized spacial score (nSPS) is 20.0. The number of pyridine rings is 1. The molecule has 10 nitrogen and oxygen atoms in total. The Morgan fingerprint density at radius 3 is 2.79 bits per heavy atom. The van der Waals surface area contributed by atoms with Crippen LogP contribution in [0.4, 0.5) is 20.6 Å². The highest BCUT2D eigenvalue weighted by Crippen LogP contribution is 2.34. The largest absolute Gasteiger partial charge is 0.453 e. The molecule has 0 fully saturated rings. The number of oxime groups is 1. The quantitative estimate of drug-likeness (QED) is 0.349. The van der Waals surface area contributed by atoms with Crippen LogP contribution in [0.5, 0.6) is 0 Å². The van der Waals surface area contributed by atoms with Crippen LogP contribution in [0.1, 0.15) is 49.9 Å². The fourth-order valence-electron chi connectivity index (χ4n) is 4.93. The summed E-state index contributed by atoms with van der Waals surface area (Å²) >= 11 is 5.91. The van der Waals surface area contributed by atoms with E-state index < -0.39 is 30.0 Å². The SMILES string of the molecule is COC(=O)Nc1ccc2c(c1)NC(=O)[C@H](C)CCC[C@H](NC(=O)C1CC(c3cccc(Cl)c3F)=NO1)c1cc-2ccn1. The maximum atomic E-state index is 14.5. The Kier molecular flexibility index (Phi) is 8.67. The number of hydrogen-bond donors (Lipinski definition) is 3. The summed E-state index contributed by atoms with van der Waals surface area (Å²) in [6.45, 7) is 1.84. The van der Waals surface area contributed by atoms with Crippen molar-refractivity contribution in [1.29, 1.82) is 0 Å². The number of amides is 3. The zero-order valence-corrected chi connectivity index (χ0v) is 23.7. The van der Waals surface area contributed by atoms with E-state index >= 15 is 0 Å². The van der Waals surface area contributed by atoms with Gasteiger partial charge in [0.2, 0.25) is 12.0 Å². The third-order valence-electron chi connectivity index (χ3n) is 7.28. The second-order valence-corrected chi connectivity index (χ2v) is 10.6. The van der Waals surface area contributed by atoms with Crippen molar-refractivity contribution in [3.63, 3.8) is 0 Å². The highest BCUT2D eigenvalue weighted by molar-refractivity contribution is 6.31. The number of carbonyl (C=O) groups excluding carboxylic acids is 3. The first-order valence-electron chi connectivity index (χ1n) is 13.5. The van der Waals surface area contributed by atoms with Gasteiger partial charge in [-0.1, -0.05) is 42.2 Å². The van der Waals surface area contributed by atoms with Crippen molar-refractivity contribution in [3.05, 3.63) is 76.8 Å². The smallest absolute Gasteiger partial charge is 0.411 e. The van der Waals surface area contributed by atoms with Gasteiger partial charge in [0.1, 0.15) is 0 Å². The Morgan fingerprint density at radius 1 is 1.14 bits per heavy atom. The summed E-state index contributed by atoms with van der Waals surface area (Å²) < 4.78 is 19.2. The lowest BCUT2D eigenvalue weighted by atomic mass is 9.95. The first kappa shape index (κ1) is 29.0. The second kappa shape index (κ2) is 12.6. The van der Waals surface area contributed by atoms with Gasteiger partial charge in [0.25, 0.3) is 5.91 Å². The number of carbonyl (C=O) groups is 3. The molecule has 2 aromatic carbocycles. The predicted molar refractivity (Wildman–Crippen MR) is 156 cm³/mol. The molecule has 2 aliphatic heterocycles. The van der Waals surface area contributed by atoms with E-state index in [2.05, 4.69) is 30.8 Å². The lowest BCUT2D eigenvalue weighted by molar-refractivity contribution is -0.132.